The monoisotopic (exact) mass is 528 g/mol. The number of rotatable bonds is 20. The quantitative estimate of drug-likeness (QED) is 0.118. The van der Waals surface area contributed by atoms with E-state index in [2.05, 4.69) is 25.8 Å². The Kier molecular flexibility index (Phi) is 22.7. The fourth-order valence-electron chi connectivity index (χ4n) is 2.08. The van der Waals surface area contributed by atoms with Crippen LogP contribution in [0.15, 0.2) is 54.6 Å². The highest BCUT2D eigenvalue weighted by atomic mass is 32.1. The maximum absolute atomic E-state index is 10.9. The second-order valence-corrected chi connectivity index (χ2v) is 7.61. The molecule has 9 nitrogen and oxygen atoms in total. The van der Waals surface area contributed by atoms with Crippen LogP contribution >= 0.6 is 12.6 Å². The number of carbonyl (C=O) groups excluding carboxylic acids is 2. The first kappa shape index (κ1) is 33.6. The van der Waals surface area contributed by atoms with E-state index < -0.39 is 11.9 Å². The van der Waals surface area contributed by atoms with Crippen LogP contribution in [0.5, 0.6) is 5.75 Å². The molecule has 0 aliphatic heterocycles. The Morgan fingerprint density at radius 2 is 1.03 bits per heavy atom. The second-order valence-electron chi connectivity index (χ2n) is 7.17. The van der Waals surface area contributed by atoms with Gasteiger partial charge in [-0.2, -0.15) is 12.6 Å². The van der Waals surface area contributed by atoms with E-state index in [0.29, 0.717) is 57.4 Å². The van der Waals surface area contributed by atoms with Gasteiger partial charge in [0.1, 0.15) is 25.6 Å². The van der Waals surface area contributed by atoms with E-state index in [1.807, 2.05) is 30.3 Å². The van der Waals surface area contributed by atoms with Crippen molar-refractivity contribution in [3.05, 3.63) is 54.6 Å². The molecule has 1 aromatic carbocycles. The molecular weight excluding hydrogens is 488 g/mol. The minimum absolute atomic E-state index is 0.153. The molecule has 0 aliphatic carbocycles. The Hall–Kier alpha value is -2.37. The Bertz CT molecular complexity index is 695. The number of ether oxygens (including phenoxy) is 7. The molecule has 1 aromatic rings. The maximum Gasteiger partial charge on any atom is 0.333 e. The number of hydrogen-bond acceptors (Lipinski definition) is 10. The fourth-order valence-corrected chi connectivity index (χ4v) is 2.21. The highest BCUT2D eigenvalue weighted by molar-refractivity contribution is 7.80. The first-order valence-corrected chi connectivity index (χ1v) is 12.3. The van der Waals surface area contributed by atoms with Crippen LogP contribution in [0.4, 0.5) is 0 Å². The minimum atomic E-state index is -0.442. The number of benzene rings is 1. The van der Waals surface area contributed by atoms with Crippen LogP contribution < -0.4 is 4.74 Å². The van der Waals surface area contributed by atoms with Gasteiger partial charge in [0.15, 0.2) is 0 Å². The Morgan fingerprint density at radius 3 is 1.44 bits per heavy atom. The molecule has 36 heavy (non-hydrogen) atoms. The molecule has 0 aromatic heterocycles. The third kappa shape index (κ3) is 22.1. The lowest BCUT2D eigenvalue weighted by molar-refractivity contribution is -0.141. The van der Waals surface area contributed by atoms with Crippen LogP contribution in [-0.2, 0) is 38.0 Å². The topological polar surface area (TPSA) is 98.8 Å². The molecular formula is C26H40O9S. The molecule has 0 aliphatic rings. The lowest BCUT2D eigenvalue weighted by Crippen LogP contribution is -2.14. The van der Waals surface area contributed by atoms with E-state index >= 15 is 0 Å². The van der Waals surface area contributed by atoms with Gasteiger partial charge in [-0.15, -0.1) is 0 Å². The molecule has 204 valence electrons. The molecule has 0 radical (unpaired) electrons. The highest BCUT2D eigenvalue weighted by Crippen LogP contribution is 2.07. The summed E-state index contributed by atoms with van der Waals surface area (Å²) in [5.41, 5.74) is 0.695. The van der Waals surface area contributed by atoms with Gasteiger partial charge in [-0.05, 0) is 26.0 Å². The van der Waals surface area contributed by atoms with E-state index in [4.69, 9.17) is 33.2 Å². The maximum atomic E-state index is 10.9. The Labute approximate surface area is 220 Å². The SMILES string of the molecule is C=C(C)C(=O)OCCOCCOC(=O)C(=C)C.SCCOCCOCCOCCOc1ccccc1. The van der Waals surface area contributed by atoms with Crippen molar-refractivity contribution in [1.29, 1.82) is 0 Å². The van der Waals surface area contributed by atoms with Crippen molar-refractivity contribution < 1.29 is 42.7 Å². The molecule has 0 saturated heterocycles. The lowest BCUT2D eigenvalue weighted by atomic mass is 10.3. The van der Waals surface area contributed by atoms with Gasteiger partial charge < -0.3 is 33.2 Å². The van der Waals surface area contributed by atoms with Crippen LogP contribution in [0.3, 0.4) is 0 Å². The fraction of sp³-hybridized carbons (Fsp3) is 0.538. The van der Waals surface area contributed by atoms with Crippen LogP contribution in [0.2, 0.25) is 0 Å². The molecule has 0 spiro atoms. The van der Waals surface area contributed by atoms with Gasteiger partial charge in [-0.3, -0.25) is 0 Å². The van der Waals surface area contributed by atoms with Crippen LogP contribution in [-0.4, -0.2) is 90.4 Å². The smallest absolute Gasteiger partial charge is 0.333 e. The summed E-state index contributed by atoms with van der Waals surface area (Å²) in [4.78, 5) is 21.9. The van der Waals surface area contributed by atoms with Gasteiger partial charge in [0.05, 0.1) is 52.9 Å². The molecule has 0 saturated carbocycles. The van der Waals surface area contributed by atoms with Crippen molar-refractivity contribution in [1.82, 2.24) is 0 Å². The van der Waals surface area contributed by atoms with Gasteiger partial charge >= 0.3 is 11.9 Å². The van der Waals surface area contributed by atoms with E-state index in [1.165, 1.54) is 0 Å². The normalized spacial score (nSPS) is 10.1. The molecule has 0 bridgehead atoms. The zero-order valence-electron chi connectivity index (χ0n) is 21.4. The molecule has 0 N–H and O–H groups in total. The van der Waals surface area contributed by atoms with Crippen molar-refractivity contribution in [2.24, 2.45) is 0 Å². The number of carbonyl (C=O) groups is 2. The van der Waals surface area contributed by atoms with Crippen molar-refractivity contribution in [3.63, 3.8) is 0 Å². The van der Waals surface area contributed by atoms with Gasteiger partial charge in [0, 0.05) is 16.9 Å². The molecule has 10 heteroatoms. The van der Waals surface area contributed by atoms with Crippen molar-refractivity contribution in [2.75, 3.05) is 78.4 Å². The van der Waals surface area contributed by atoms with E-state index in [1.54, 1.807) is 13.8 Å². The van der Waals surface area contributed by atoms with Gasteiger partial charge in [0.25, 0.3) is 0 Å². The summed E-state index contributed by atoms with van der Waals surface area (Å²) in [6, 6.07) is 9.70. The lowest BCUT2D eigenvalue weighted by Gasteiger charge is -2.07. The van der Waals surface area contributed by atoms with Crippen LogP contribution in [0.1, 0.15) is 13.8 Å². The van der Waals surface area contributed by atoms with Crippen molar-refractivity contribution >= 4 is 24.6 Å². The average Bonchev–Trinajstić information content (AvgIpc) is 2.87. The zero-order chi connectivity index (χ0) is 26.9. The standard InChI is InChI=1S/C14H22O4S.C12H18O5/c19-13-12-17-9-8-15-6-7-16-10-11-18-14-4-2-1-3-5-14;1-9(2)11(13)16-7-5-15-6-8-17-12(14)10(3)4/h1-5,19H,6-13H2;1,3,5-8H2,2,4H3. The van der Waals surface area contributed by atoms with Crippen LogP contribution in [0.25, 0.3) is 0 Å². The summed E-state index contributed by atoms with van der Waals surface area (Å²) in [5.74, 6) is 0.721. The third-order valence-electron chi connectivity index (χ3n) is 3.84. The second kappa shape index (κ2) is 24.3. The van der Waals surface area contributed by atoms with Gasteiger partial charge in [0.2, 0.25) is 0 Å². The molecule has 0 heterocycles. The number of esters is 2. The van der Waals surface area contributed by atoms with Crippen molar-refractivity contribution in [2.45, 2.75) is 13.8 Å². The third-order valence-corrected chi connectivity index (χ3v) is 4.02. The van der Waals surface area contributed by atoms with Gasteiger partial charge in [-0.25, -0.2) is 9.59 Å². The largest absolute Gasteiger partial charge is 0.491 e. The first-order valence-electron chi connectivity index (χ1n) is 11.6. The highest BCUT2D eigenvalue weighted by Gasteiger charge is 2.03. The van der Waals surface area contributed by atoms with E-state index in [0.717, 1.165) is 11.5 Å². The molecule has 0 amide bonds. The molecule has 0 unspecified atom stereocenters. The van der Waals surface area contributed by atoms with E-state index in [9.17, 15) is 9.59 Å². The summed E-state index contributed by atoms with van der Waals surface area (Å²) < 4.78 is 36.1. The number of hydrogen-bond donors (Lipinski definition) is 1. The van der Waals surface area contributed by atoms with Crippen LogP contribution in [0, 0.1) is 0 Å². The summed E-state index contributed by atoms with van der Waals surface area (Å²) in [6.45, 7) is 15.0. The summed E-state index contributed by atoms with van der Waals surface area (Å²) >= 11 is 4.04. The Morgan fingerprint density at radius 1 is 0.639 bits per heavy atom. The number of thiol groups is 1. The average molecular weight is 529 g/mol. The Balaban J connectivity index is 0.000000686. The van der Waals surface area contributed by atoms with Crippen molar-refractivity contribution in [3.8, 4) is 5.75 Å². The summed E-state index contributed by atoms with van der Waals surface area (Å²) in [7, 11) is 0. The van der Waals surface area contributed by atoms with E-state index in [-0.39, 0.29) is 26.4 Å². The predicted octanol–water partition coefficient (Wildman–Crippen LogP) is 3.29. The minimum Gasteiger partial charge on any atom is -0.491 e. The predicted molar refractivity (Wildman–Crippen MR) is 141 cm³/mol. The molecule has 1 rings (SSSR count). The first-order chi connectivity index (χ1) is 17.4. The summed E-state index contributed by atoms with van der Waals surface area (Å²) in [6.07, 6.45) is 0. The zero-order valence-corrected chi connectivity index (χ0v) is 22.3. The van der Waals surface area contributed by atoms with Gasteiger partial charge in [-0.1, -0.05) is 31.4 Å². The number of para-hydroxylation sites is 1. The molecule has 0 atom stereocenters. The summed E-state index contributed by atoms with van der Waals surface area (Å²) in [5, 5.41) is 0. The molecule has 0 fully saturated rings.